The number of nitrogens with zero attached hydrogens (tertiary/aromatic N) is 1. The normalized spacial score (nSPS) is 12.6. The van der Waals surface area contributed by atoms with E-state index in [2.05, 4.69) is 9.72 Å². The molecule has 0 aliphatic carbocycles. The first kappa shape index (κ1) is 14.7. The molecule has 0 spiro atoms. The second-order valence-electron chi connectivity index (χ2n) is 3.40. The first-order valence-electron chi connectivity index (χ1n) is 4.79. The number of hydrogen-bond acceptors (Lipinski definition) is 5. The quantitative estimate of drug-likeness (QED) is 0.816. The highest BCUT2D eigenvalue weighted by Crippen LogP contribution is 2.18. The summed E-state index contributed by atoms with van der Waals surface area (Å²) in [6.07, 6.45) is -2.08. The van der Waals surface area contributed by atoms with Crippen molar-refractivity contribution in [2.24, 2.45) is 0 Å². The largest absolute Gasteiger partial charge is 0.411 e. The van der Waals surface area contributed by atoms with E-state index in [1.54, 1.807) is 0 Å². The summed E-state index contributed by atoms with van der Waals surface area (Å²) in [5.74, 6) is -0.572. The summed E-state index contributed by atoms with van der Waals surface area (Å²) in [4.78, 5) is 3.46. The SMILES string of the molecule is Nc1cnccc1S(=O)(=O)CCOCC(F)(F)F. The Labute approximate surface area is 102 Å². The highest BCUT2D eigenvalue weighted by molar-refractivity contribution is 7.91. The zero-order valence-corrected chi connectivity index (χ0v) is 9.96. The average molecular weight is 284 g/mol. The monoisotopic (exact) mass is 284 g/mol. The first-order valence-corrected chi connectivity index (χ1v) is 6.44. The second kappa shape index (κ2) is 5.53. The van der Waals surface area contributed by atoms with Crippen molar-refractivity contribution in [2.75, 3.05) is 24.7 Å². The molecule has 0 aliphatic rings. The number of hydrogen-bond donors (Lipinski definition) is 1. The van der Waals surface area contributed by atoms with Crippen LogP contribution in [0.3, 0.4) is 0 Å². The molecule has 0 amide bonds. The van der Waals surface area contributed by atoms with Gasteiger partial charge in [0, 0.05) is 6.20 Å². The number of alkyl halides is 3. The molecule has 5 nitrogen and oxygen atoms in total. The summed E-state index contributed by atoms with van der Waals surface area (Å²) in [6, 6.07) is 1.19. The van der Waals surface area contributed by atoms with Gasteiger partial charge >= 0.3 is 6.18 Å². The molecule has 0 aliphatic heterocycles. The summed E-state index contributed by atoms with van der Waals surface area (Å²) >= 11 is 0. The van der Waals surface area contributed by atoms with E-state index in [9.17, 15) is 21.6 Å². The minimum Gasteiger partial charge on any atom is -0.396 e. The Kier molecular flexibility index (Phi) is 4.52. The molecule has 0 atom stereocenters. The van der Waals surface area contributed by atoms with Crippen molar-refractivity contribution in [3.8, 4) is 0 Å². The second-order valence-corrected chi connectivity index (χ2v) is 5.48. The van der Waals surface area contributed by atoms with Crippen molar-refractivity contribution in [3.05, 3.63) is 18.5 Å². The Morgan fingerprint density at radius 1 is 1.39 bits per heavy atom. The number of pyridine rings is 1. The van der Waals surface area contributed by atoms with Crippen LogP contribution in [-0.2, 0) is 14.6 Å². The molecule has 0 saturated heterocycles. The highest BCUT2D eigenvalue weighted by atomic mass is 32.2. The summed E-state index contributed by atoms with van der Waals surface area (Å²) in [5.41, 5.74) is 5.37. The van der Waals surface area contributed by atoms with Crippen molar-refractivity contribution < 1.29 is 26.3 Å². The van der Waals surface area contributed by atoms with Crippen LogP contribution >= 0.6 is 0 Å². The number of anilines is 1. The Morgan fingerprint density at radius 2 is 2.06 bits per heavy atom. The van der Waals surface area contributed by atoms with Crippen LogP contribution in [0.1, 0.15) is 0 Å². The first-order chi connectivity index (χ1) is 8.22. The molecule has 102 valence electrons. The van der Waals surface area contributed by atoms with Crippen molar-refractivity contribution in [1.29, 1.82) is 0 Å². The summed E-state index contributed by atoms with van der Waals surface area (Å²) in [5, 5.41) is 0. The van der Waals surface area contributed by atoms with Crippen LogP contribution in [0.15, 0.2) is 23.4 Å². The molecule has 0 fully saturated rings. The van der Waals surface area contributed by atoms with Crippen molar-refractivity contribution in [1.82, 2.24) is 4.98 Å². The van der Waals surface area contributed by atoms with Gasteiger partial charge in [0.05, 0.1) is 29.1 Å². The minimum atomic E-state index is -4.47. The van der Waals surface area contributed by atoms with Gasteiger partial charge in [0.1, 0.15) is 6.61 Å². The summed E-state index contributed by atoms with van der Waals surface area (Å²) in [7, 11) is -3.77. The van der Waals surface area contributed by atoms with E-state index in [1.165, 1.54) is 12.3 Å². The van der Waals surface area contributed by atoms with Gasteiger partial charge in [-0.3, -0.25) is 4.98 Å². The molecule has 0 unspecified atom stereocenters. The van der Waals surface area contributed by atoms with Gasteiger partial charge < -0.3 is 10.5 Å². The maximum atomic E-state index is 11.8. The number of nitrogen functional groups attached to an aromatic ring is 1. The van der Waals surface area contributed by atoms with Crippen LogP contribution < -0.4 is 5.73 Å². The Bertz CT molecular complexity index is 502. The molecule has 1 aromatic rings. The molecule has 1 heterocycles. The molecule has 0 saturated carbocycles. The van der Waals surface area contributed by atoms with E-state index in [4.69, 9.17) is 5.73 Å². The third kappa shape index (κ3) is 4.49. The lowest BCUT2D eigenvalue weighted by Crippen LogP contribution is -2.21. The van der Waals surface area contributed by atoms with E-state index >= 15 is 0 Å². The molecule has 2 N–H and O–H groups in total. The number of halogens is 3. The van der Waals surface area contributed by atoms with Crippen molar-refractivity contribution >= 4 is 15.5 Å². The number of nitrogens with two attached hydrogens (primary N) is 1. The predicted molar refractivity (Wildman–Crippen MR) is 57.6 cm³/mol. The van der Waals surface area contributed by atoms with Crippen LogP contribution in [0.2, 0.25) is 0 Å². The van der Waals surface area contributed by atoms with Crippen molar-refractivity contribution in [3.63, 3.8) is 0 Å². The van der Waals surface area contributed by atoms with Crippen LogP contribution in [0.25, 0.3) is 0 Å². The average Bonchev–Trinajstić information content (AvgIpc) is 2.24. The lowest BCUT2D eigenvalue weighted by Gasteiger charge is -2.09. The van der Waals surface area contributed by atoms with Gasteiger partial charge in [-0.25, -0.2) is 8.42 Å². The van der Waals surface area contributed by atoms with Crippen molar-refractivity contribution in [2.45, 2.75) is 11.1 Å². The van der Waals surface area contributed by atoms with Gasteiger partial charge in [-0.1, -0.05) is 0 Å². The zero-order chi connectivity index (χ0) is 13.8. The fourth-order valence-corrected chi connectivity index (χ4v) is 2.38. The van der Waals surface area contributed by atoms with Gasteiger partial charge in [0.25, 0.3) is 0 Å². The number of ether oxygens (including phenoxy) is 1. The van der Waals surface area contributed by atoms with E-state index in [1.807, 2.05) is 0 Å². The van der Waals surface area contributed by atoms with Gasteiger partial charge in [-0.05, 0) is 6.07 Å². The topological polar surface area (TPSA) is 82.3 Å². The van der Waals surface area contributed by atoms with Crippen LogP contribution in [-0.4, -0.2) is 38.5 Å². The third-order valence-corrected chi connectivity index (χ3v) is 3.65. The molecular weight excluding hydrogens is 273 g/mol. The van der Waals surface area contributed by atoms with E-state index in [-0.39, 0.29) is 10.6 Å². The Morgan fingerprint density at radius 3 is 2.61 bits per heavy atom. The molecule has 1 rings (SSSR count). The molecule has 0 radical (unpaired) electrons. The number of aromatic nitrogens is 1. The maximum Gasteiger partial charge on any atom is 0.411 e. The van der Waals surface area contributed by atoms with Gasteiger partial charge in [-0.2, -0.15) is 13.2 Å². The number of rotatable bonds is 5. The van der Waals surface area contributed by atoms with E-state index in [0.717, 1.165) is 6.20 Å². The Balaban J connectivity index is 2.59. The fourth-order valence-electron chi connectivity index (χ4n) is 1.14. The van der Waals surface area contributed by atoms with E-state index in [0.29, 0.717) is 0 Å². The smallest absolute Gasteiger partial charge is 0.396 e. The standard InChI is InChI=1S/C9H11F3N2O3S/c10-9(11,12)6-17-3-4-18(15,16)8-1-2-14-5-7(8)13/h1-2,5H,3-4,6,13H2. The molecule has 9 heteroatoms. The van der Waals surface area contributed by atoms with Crippen LogP contribution in [0.4, 0.5) is 18.9 Å². The highest BCUT2D eigenvalue weighted by Gasteiger charge is 2.28. The maximum absolute atomic E-state index is 11.8. The molecule has 0 aromatic carbocycles. The van der Waals surface area contributed by atoms with Crippen LogP contribution in [0.5, 0.6) is 0 Å². The molecule has 18 heavy (non-hydrogen) atoms. The predicted octanol–water partition coefficient (Wildman–Crippen LogP) is 1.02. The molecule has 1 aromatic heterocycles. The lowest BCUT2D eigenvalue weighted by molar-refractivity contribution is -0.172. The third-order valence-electron chi connectivity index (χ3n) is 1.91. The molecular formula is C9H11F3N2O3S. The van der Waals surface area contributed by atoms with E-state index < -0.39 is 35.0 Å². The zero-order valence-electron chi connectivity index (χ0n) is 9.14. The van der Waals surface area contributed by atoms with Gasteiger partial charge in [0.15, 0.2) is 9.84 Å². The minimum absolute atomic E-state index is 0.0479. The van der Waals surface area contributed by atoms with Crippen LogP contribution in [0, 0.1) is 0 Å². The fraction of sp³-hybridized carbons (Fsp3) is 0.444. The van der Waals surface area contributed by atoms with Gasteiger partial charge in [-0.15, -0.1) is 0 Å². The summed E-state index contributed by atoms with van der Waals surface area (Å²) < 4.78 is 62.9. The Hall–Kier alpha value is -1.35. The number of sulfone groups is 1. The molecule has 0 bridgehead atoms. The van der Waals surface area contributed by atoms with Gasteiger partial charge in [0.2, 0.25) is 0 Å². The summed E-state index contributed by atoms with van der Waals surface area (Å²) in [6.45, 7) is -2.03. The lowest BCUT2D eigenvalue weighted by atomic mass is 10.4.